The zero-order valence-corrected chi connectivity index (χ0v) is 16.6. The Labute approximate surface area is 162 Å². The predicted molar refractivity (Wildman–Crippen MR) is 104 cm³/mol. The van der Waals surface area contributed by atoms with Crippen molar-refractivity contribution >= 4 is 23.0 Å². The second-order valence-electron chi connectivity index (χ2n) is 7.17. The molecule has 1 saturated heterocycles. The van der Waals surface area contributed by atoms with Crippen molar-refractivity contribution in [1.29, 1.82) is 0 Å². The van der Waals surface area contributed by atoms with Gasteiger partial charge in [-0.3, -0.25) is 4.79 Å². The molecule has 1 aliphatic rings. The van der Waals surface area contributed by atoms with Gasteiger partial charge in [0.1, 0.15) is 12.9 Å². The van der Waals surface area contributed by atoms with Crippen LogP contribution in [0.2, 0.25) is 0 Å². The molecule has 0 spiro atoms. The average molecular weight is 386 g/mol. The summed E-state index contributed by atoms with van der Waals surface area (Å²) in [6.07, 6.45) is 2.73. The van der Waals surface area contributed by atoms with E-state index < -0.39 is 0 Å². The number of fused-ring (bicyclic) bond motifs is 1. The Morgan fingerprint density at radius 2 is 2.11 bits per heavy atom. The number of nitrogens with one attached hydrogen (secondary N) is 1. The van der Waals surface area contributed by atoms with Crippen molar-refractivity contribution in [3.63, 3.8) is 0 Å². The first-order valence-corrected chi connectivity index (χ1v) is 10.3. The number of quaternary nitrogens is 1. The van der Waals surface area contributed by atoms with Gasteiger partial charge in [-0.15, -0.1) is 0 Å². The van der Waals surface area contributed by atoms with Crippen LogP contribution in [0.25, 0.3) is 5.78 Å². The quantitative estimate of drug-likeness (QED) is 0.701. The molecule has 0 aliphatic carbocycles. The molecule has 1 amide bonds. The number of amides is 1. The van der Waals surface area contributed by atoms with E-state index in [0.29, 0.717) is 18.6 Å². The van der Waals surface area contributed by atoms with Crippen molar-refractivity contribution in [2.75, 3.05) is 26.2 Å². The summed E-state index contributed by atoms with van der Waals surface area (Å²) >= 11 is 1.75. The first-order chi connectivity index (χ1) is 13.1. The monoisotopic (exact) mass is 385 g/mol. The molecule has 1 fully saturated rings. The first-order valence-electron chi connectivity index (χ1n) is 9.40. The molecule has 4 heterocycles. The Bertz CT molecular complexity index is 927. The van der Waals surface area contributed by atoms with Crippen molar-refractivity contribution in [3.05, 3.63) is 45.7 Å². The topological polar surface area (TPSA) is 67.8 Å². The highest BCUT2D eigenvalue weighted by atomic mass is 32.1. The van der Waals surface area contributed by atoms with E-state index >= 15 is 0 Å². The Morgan fingerprint density at radius 1 is 1.30 bits per heavy atom. The lowest BCUT2D eigenvalue weighted by Gasteiger charge is -2.32. The van der Waals surface area contributed by atoms with E-state index in [0.717, 1.165) is 49.7 Å². The van der Waals surface area contributed by atoms with Crippen LogP contribution < -0.4 is 4.90 Å². The Balaban J connectivity index is 1.32. The van der Waals surface area contributed by atoms with Crippen molar-refractivity contribution in [2.45, 2.75) is 33.2 Å². The normalized spacial score (nSPS) is 15.6. The van der Waals surface area contributed by atoms with Crippen LogP contribution in [0.1, 0.15) is 28.9 Å². The third-order valence-electron chi connectivity index (χ3n) is 5.43. The maximum Gasteiger partial charge on any atom is 0.252 e. The van der Waals surface area contributed by atoms with Gasteiger partial charge in [-0.05, 0) is 42.7 Å². The number of nitrogens with zero attached hydrogens (tertiary/aromatic N) is 5. The maximum absolute atomic E-state index is 12.7. The second-order valence-corrected chi connectivity index (χ2v) is 7.95. The van der Waals surface area contributed by atoms with Crippen molar-refractivity contribution in [2.24, 2.45) is 0 Å². The lowest BCUT2D eigenvalue weighted by molar-refractivity contribution is -0.917. The SMILES string of the molecule is Cc1nc2ncnn2c(C)c1CCC(=O)N1CC[NH+](Cc2ccsc2)CC1. The summed E-state index contributed by atoms with van der Waals surface area (Å²) in [5.41, 5.74) is 4.46. The van der Waals surface area contributed by atoms with Gasteiger partial charge in [0.05, 0.1) is 26.2 Å². The minimum absolute atomic E-state index is 0.238. The molecule has 0 unspecified atom stereocenters. The maximum atomic E-state index is 12.7. The van der Waals surface area contributed by atoms with E-state index in [1.165, 1.54) is 11.9 Å². The standard InChI is InChI=1S/C19H24N6OS/c1-14-17(15(2)25-19(22-14)20-13-21-25)3-4-18(26)24-8-6-23(7-9-24)11-16-5-10-27-12-16/h5,10,12-13H,3-4,6-9,11H2,1-2H3/p+1. The fourth-order valence-corrected chi connectivity index (χ4v) is 4.51. The molecule has 8 heteroatoms. The number of aryl methyl sites for hydroxylation is 2. The number of hydrogen-bond donors (Lipinski definition) is 1. The van der Waals surface area contributed by atoms with E-state index in [1.54, 1.807) is 20.8 Å². The zero-order chi connectivity index (χ0) is 18.8. The van der Waals surface area contributed by atoms with Crippen LogP contribution in [0.5, 0.6) is 0 Å². The van der Waals surface area contributed by atoms with Crippen LogP contribution in [0, 0.1) is 13.8 Å². The fraction of sp³-hybridized carbons (Fsp3) is 0.474. The van der Waals surface area contributed by atoms with Gasteiger partial charge in [0.15, 0.2) is 0 Å². The summed E-state index contributed by atoms with van der Waals surface area (Å²) in [5, 5.41) is 8.57. The van der Waals surface area contributed by atoms with Gasteiger partial charge in [-0.2, -0.15) is 21.4 Å². The summed E-state index contributed by atoms with van der Waals surface area (Å²) in [4.78, 5) is 24.9. The molecule has 4 rings (SSSR count). The fourth-order valence-electron chi connectivity index (χ4n) is 3.84. The zero-order valence-electron chi connectivity index (χ0n) is 15.8. The van der Waals surface area contributed by atoms with Crippen LogP contribution in [-0.4, -0.2) is 56.6 Å². The summed E-state index contributed by atoms with van der Waals surface area (Å²) in [6, 6.07) is 2.19. The van der Waals surface area contributed by atoms with E-state index in [2.05, 4.69) is 31.9 Å². The highest BCUT2D eigenvalue weighted by molar-refractivity contribution is 7.07. The molecular weight excluding hydrogens is 360 g/mol. The Hall–Kier alpha value is -2.32. The number of piperazine rings is 1. The third kappa shape index (κ3) is 3.86. The summed E-state index contributed by atoms with van der Waals surface area (Å²) < 4.78 is 1.75. The van der Waals surface area contributed by atoms with Crippen LogP contribution in [0.15, 0.2) is 23.2 Å². The predicted octanol–water partition coefficient (Wildman–Crippen LogP) is 0.663. The Kier molecular flexibility index (Phi) is 5.18. The van der Waals surface area contributed by atoms with Crippen LogP contribution >= 0.6 is 11.3 Å². The first kappa shape index (κ1) is 18.1. The van der Waals surface area contributed by atoms with Crippen molar-refractivity contribution in [3.8, 4) is 0 Å². The Morgan fingerprint density at radius 3 is 2.85 bits per heavy atom. The lowest BCUT2D eigenvalue weighted by Crippen LogP contribution is -3.13. The molecule has 3 aromatic rings. The summed E-state index contributed by atoms with van der Waals surface area (Å²) in [5.74, 6) is 0.854. The van der Waals surface area contributed by atoms with Gasteiger partial charge in [-0.1, -0.05) is 0 Å². The lowest BCUT2D eigenvalue weighted by atomic mass is 10.1. The number of carbonyl (C=O) groups excluding carboxylic acids is 1. The molecule has 0 saturated carbocycles. The molecule has 142 valence electrons. The van der Waals surface area contributed by atoms with Crippen molar-refractivity contribution in [1.82, 2.24) is 24.5 Å². The number of hydrogen-bond acceptors (Lipinski definition) is 5. The van der Waals surface area contributed by atoms with Crippen molar-refractivity contribution < 1.29 is 9.69 Å². The van der Waals surface area contributed by atoms with Crippen LogP contribution in [0.4, 0.5) is 0 Å². The number of thiophene rings is 1. The van der Waals surface area contributed by atoms with E-state index in [1.807, 2.05) is 18.7 Å². The molecule has 0 radical (unpaired) electrons. The highest BCUT2D eigenvalue weighted by Crippen LogP contribution is 2.15. The van der Waals surface area contributed by atoms with Crippen LogP contribution in [-0.2, 0) is 17.8 Å². The van der Waals surface area contributed by atoms with Crippen LogP contribution in [0.3, 0.4) is 0 Å². The van der Waals surface area contributed by atoms with Gasteiger partial charge in [-0.25, -0.2) is 9.50 Å². The molecule has 1 N–H and O–H groups in total. The molecule has 0 aromatic carbocycles. The number of carbonyl (C=O) groups is 1. The van der Waals surface area contributed by atoms with Gasteiger partial charge in [0.25, 0.3) is 5.78 Å². The largest absolute Gasteiger partial charge is 0.331 e. The molecular formula is C19H25N6OS+. The van der Waals surface area contributed by atoms with Gasteiger partial charge >= 0.3 is 0 Å². The van der Waals surface area contributed by atoms with E-state index in [4.69, 9.17) is 0 Å². The molecule has 0 bridgehead atoms. The highest BCUT2D eigenvalue weighted by Gasteiger charge is 2.24. The number of rotatable bonds is 5. The minimum Gasteiger partial charge on any atom is -0.331 e. The molecule has 0 atom stereocenters. The van der Waals surface area contributed by atoms with Gasteiger partial charge in [0.2, 0.25) is 5.91 Å². The van der Waals surface area contributed by atoms with Gasteiger partial charge in [0, 0.05) is 23.4 Å². The number of aromatic nitrogens is 4. The molecule has 7 nitrogen and oxygen atoms in total. The molecule has 1 aliphatic heterocycles. The minimum atomic E-state index is 0.238. The molecule has 27 heavy (non-hydrogen) atoms. The molecule has 3 aromatic heterocycles. The smallest absolute Gasteiger partial charge is 0.252 e. The van der Waals surface area contributed by atoms with E-state index in [9.17, 15) is 4.79 Å². The van der Waals surface area contributed by atoms with Gasteiger partial charge < -0.3 is 9.80 Å². The summed E-state index contributed by atoms with van der Waals surface area (Å²) in [6.45, 7) is 8.79. The average Bonchev–Trinajstić information content (AvgIpc) is 3.34. The van der Waals surface area contributed by atoms with E-state index in [-0.39, 0.29) is 5.91 Å². The third-order valence-corrected chi connectivity index (χ3v) is 6.17. The second kappa shape index (κ2) is 7.74. The summed E-state index contributed by atoms with van der Waals surface area (Å²) in [7, 11) is 0.